The molecule has 0 aliphatic rings. The summed E-state index contributed by atoms with van der Waals surface area (Å²) in [7, 11) is 1.69. The number of para-hydroxylation sites is 1. The lowest BCUT2D eigenvalue weighted by molar-refractivity contribution is 0.297. The molecule has 0 unspecified atom stereocenters. The molecule has 3 aromatic heterocycles. The van der Waals surface area contributed by atoms with Crippen molar-refractivity contribution in [2.45, 2.75) is 26.9 Å². The molecule has 7 nitrogen and oxygen atoms in total. The summed E-state index contributed by atoms with van der Waals surface area (Å²) in [6.07, 6.45) is 3.87. The number of H-pyrrole nitrogens is 1. The van der Waals surface area contributed by atoms with Crippen LogP contribution < -0.4 is 4.74 Å². The lowest BCUT2D eigenvalue weighted by Crippen LogP contribution is -2.22. The number of ether oxygens (including phenoxy) is 1. The van der Waals surface area contributed by atoms with Crippen LogP contribution in [0.15, 0.2) is 97.3 Å². The molecule has 0 saturated carbocycles. The Morgan fingerprint density at radius 3 is 2.51 bits per heavy atom. The number of hydrogen-bond acceptors (Lipinski definition) is 5. The molecule has 3 heterocycles. The van der Waals surface area contributed by atoms with Crippen LogP contribution in [0.25, 0.3) is 55.4 Å². The fourth-order valence-electron chi connectivity index (χ4n) is 5.91. The van der Waals surface area contributed by atoms with E-state index in [1.807, 2.05) is 30.6 Å². The minimum absolute atomic E-state index is 0.628. The smallest absolute Gasteiger partial charge is 0.159 e. The Balaban J connectivity index is 1.39. The zero-order valence-corrected chi connectivity index (χ0v) is 24.7. The Morgan fingerprint density at radius 2 is 1.70 bits per heavy atom. The maximum atomic E-state index is 5.37. The van der Waals surface area contributed by atoms with Crippen LogP contribution >= 0.6 is 0 Å². The molecule has 4 aromatic carbocycles. The molecule has 7 heteroatoms. The van der Waals surface area contributed by atoms with E-state index in [0.29, 0.717) is 6.54 Å². The second-order valence-electron chi connectivity index (χ2n) is 10.9. The van der Waals surface area contributed by atoms with Crippen molar-refractivity contribution in [3.8, 4) is 28.4 Å². The van der Waals surface area contributed by atoms with Crippen molar-refractivity contribution in [1.82, 2.24) is 29.6 Å². The van der Waals surface area contributed by atoms with Gasteiger partial charge in [0.1, 0.15) is 11.4 Å². The molecule has 0 aliphatic heterocycles. The Morgan fingerprint density at radius 1 is 0.860 bits per heavy atom. The first-order valence-corrected chi connectivity index (χ1v) is 14.8. The van der Waals surface area contributed by atoms with Crippen LogP contribution in [0.4, 0.5) is 0 Å². The number of nitrogens with one attached hydrogen (secondary N) is 1. The summed E-state index contributed by atoms with van der Waals surface area (Å²) in [6.45, 7) is 7.88. The molecule has 0 aliphatic carbocycles. The molecular formula is C36H34N6O. The van der Waals surface area contributed by atoms with Gasteiger partial charge in [-0.1, -0.05) is 68.4 Å². The largest absolute Gasteiger partial charge is 0.497 e. The van der Waals surface area contributed by atoms with E-state index in [2.05, 4.69) is 100 Å². The molecule has 7 rings (SSSR count). The van der Waals surface area contributed by atoms with E-state index in [1.54, 1.807) is 7.11 Å². The van der Waals surface area contributed by atoms with Gasteiger partial charge in [0, 0.05) is 35.3 Å². The molecule has 214 valence electrons. The van der Waals surface area contributed by atoms with E-state index in [9.17, 15) is 0 Å². The van der Waals surface area contributed by atoms with Crippen molar-refractivity contribution >= 4 is 32.7 Å². The number of benzene rings is 4. The van der Waals surface area contributed by atoms with Crippen LogP contribution in [0.2, 0.25) is 0 Å². The fourth-order valence-corrected chi connectivity index (χ4v) is 5.91. The highest BCUT2D eigenvalue weighted by Crippen LogP contribution is 2.35. The van der Waals surface area contributed by atoms with E-state index < -0.39 is 0 Å². The lowest BCUT2D eigenvalue weighted by Gasteiger charge is -2.17. The maximum absolute atomic E-state index is 5.37. The van der Waals surface area contributed by atoms with E-state index >= 15 is 0 Å². The van der Waals surface area contributed by atoms with Gasteiger partial charge >= 0.3 is 0 Å². The average Bonchev–Trinajstić information content (AvgIpc) is 3.65. The Labute approximate surface area is 250 Å². The number of pyridine rings is 1. The van der Waals surface area contributed by atoms with Gasteiger partial charge in [0.05, 0.1) is 30.2 Å². The van der Waals surface area contributed by atoms with Crippen LogP contribution in [0.5, 0.6) is 5.75 Å². The number of methoxy groups -OCH3 is 1. The zero-order chi connectivity index (χ0) is 29.3. The summed E-state index contributed by atoms with van der Waals surface area (Å²) in [5.41, 5.74) is 8.46. The maximum Gasteiger partial charge on any atom is 0.159 e. The number of rotatable bonds is 9. The van der Waals surface area contributed by atoms with Crippen molar-refractivity contribution < 1.29 is 4.74 Å². The third-order valence-electron chi connectivity index (χ3n) is 8.33. The predicted octanol–water partition coefficient (Wildman–Crippen LogP) is 7.69. The molecule has 0 saturated heterocycles. The SMILES string of the molecule is CCN(CC)Cc1cccc2[nH]c(-c3nn(Cc4ccc(OC)cc4)c4ccc(-c5cncc6ccccc56)cc34)nc12. The van der Waals surface area contributed by atoms with Crippen LogP contribution in [0.1, 0.15) is 25.0 Å². The normalized spacial score (nSPS) is 11.7. The minimum Gasteiger partial charge on any atom is -0.497 e. The molecule has 0 atom stereocenters. The Kier molecular flexibility index (Phi) is 7.09. The Hall–Kier alpha value is -5.01. The first-order chi connectivity index (χ1) is 21.1. The van der Waals surface area contributed by atoms with Gasteiger partial charge in [-0.15, -0.1) is 0 Å². The van der Waals surface area contributed by atoms with Gasteiger partial charge in [-0.3, -0.25) is 14.6 Å². The van der Waals surface area contributed by atoms with E-state index in [-0.39, 0.29) is 0 Å². The van der Waals surface area contributed by atoms with Crippen LogP contribution in [-0.2, 0) is 13.1 Å². The monoisotopic (exact) mass is 566 g/mol. The van der Waals surface area contributed by atoms with Crippen molar-refractivity contribution in [2.75, 3.05) is 20.2 Å². The van der Waals surface area contributed by atoms with E-state index in [0.717, 1.165) is 80.9 Å². The van der Waals surface area contributed by atoms with Crippen LogP contribution in [0.3, 0.4) is 0 Å². The van der Waals surface area contributed by atoms with E-state index in [4.69, 9.17) is 14.8 Å². The summed E-state index contributed by atoms with van der Waals surface area (Å²) in [5, 5.41) is 8.52. The summed E-state index contributed by atoms with van der Waals surface area (Å²) >= 11 is 0. The summed E-state index contributed by atoms with van der Waals surface area (Å²) in [6, 6.07) is 29.5. The van der Waals surface area contributed by atoms with Gasteiger partial charge in [0.2, 0.25) is 0 Å². The minimum atomic E-state index is 0.628. The van der Waals surface area contributed by atoms with Gasteiger partial charge in [-0.2, -0.15) is 5.10 Å². The first kappa shape index (κ1) is 26.9. The topological polar surface area (TPSA) is 71.9 Å². The van der Waals surface area contributed by atoms with E-state index in [1.165, 1.54) is 10.9 Å². The summed E-state index contributed by atoms with van der Waals surface area (Å²) < 4.78 is 7.44. The number of hydrogen-bond donors (Lipinski definition) is 1. The van der Waals surface area contributed by atoms with Crippen molar-refractivity contribution in [3.05, 3.63) is 108 Å². The molecular weight excluding hydrogens is 532 g/mol. The molecule has 7 aromatic rings. The fraction of sp³-hybridized carbons (Fsp3) is 0.194. The van der Waals surface area contributed by atoms with Gasteiger partial charge in [-0.05, 0) is 65.5 Å². The highest BCUT2D eigenvalue weighted by Gasteiger charge is 2.19. The molecule has 0 spiro atoms. The third-order valence-corrected chi connectivity index (χ3v) is 8.33. The number of aromatic nitrogens is 5. The molecule has 0 amide bonds. The lowest BCUT2D eigenvalue weighted by atomic mass is 9.99. The second kappa shape index (κ2) is 11.3. The zero-order valence-electron chi connectivity index (χ0n) is 24.7. The number of nitrogens with zero attached hydrogens (tertiary/aromatic N) is 5. The number of fused-ring (bicyclic) bond motifs is 3. The van der Waals surface area contributed by atoms with Crippen molar-refractivity contribution in [3.63, 3.8) is 0 Å². The van der Waals surface area contributed by atoms with Crippen LogP contribution in [0, 0.1) is 0 Å². The number of aromatic amines is 1. The van der Waals surface area contributed by atoms with Crippen molar-refractivity contribution in [2.24, 2.45) is 0 Å². The third kappa shape index (κ3) is 5.02. The van der Waals surface area contributed by atoms with Crippen molar-refractivity contribution in [1.29, 1.82) is 0 Å². The van der Waals surface area contributed by atoms with Crippen LogP contribution in [-0.4, -0.2) is 49.8 Å². The molecule has 0 bridgehead atoms. The molecule has 43 heavy (non-hydrogen) atoms. The summed E-state index contributed by atoms with van der Waals surface area (Å²) in [4.78, 5) is 15.7. The number of imidazole rings is 1. The predicted molar refractivity (Wildman–Crippen MR) is 174 cm³/mol. The highest BCUT2D eigenvalue weighted by atomic mass is 16.5. The quantitative estimate of drug-likeness (QED) is 0.194. The molecule has 0 radical (unpaired) electrons. The highest BCUT2D eigenvalue weighted by molar-refractivity contribution is 6.01. The summed E-state index contributed by atoms with van der Waals surface area (Å²) in [5.74, 6) is 1.61. The van der Waals surface area contributed by atoms with Gasteiger partial charge in [0.25, 0.3) is 0 Å². The second-order valence-corrected chi connectivity index (χ2v) is 10.9. The average molecular weight is 567 g/mol. The standard InChI is InChI=1S/C36H34N6O/c1-4-41(5-2)23-27-10-8-12-32-34(27)39-36(38-32)35-30-19-25(31-21-37-20-26-9-6-7-11-29(26)31)15-18-33(30)42(40-35)22-24-13-16-28(43-3)17-14-24/h6-21H,4-5,22-23H2,1-3H3,(H,38,39). The Bertz CT molecular complexity index is 2050. The van der Waals surface area contributed by atoms with Gasteiger partial charge in [0.15, 0.2) is 5.82 Å². The van der Waals surface area contributed by atoms with Gasteiger partial charge in [-0.25, -0.2) is 4.98 Å². The first-order valence-electron chi connectivity index (χ1n) is 14.8. The molecule has 0 fully saturated rings. The molecule has 1 N–H and O–H groups in total. The van der Waals surface area contributed by atoms with Gasteiger partial charge < -0.3 is 9.72 Å².